The highest BCUT2D eigenvalue weighted by Gasteiger charge is 2.14. The zero-order valence-electron chi connectivity index (χ0n) is 17.6. The third kappa shape index (κ3) is 3.91. The minimum atomic E-state index is -0.0680. The van der Waals surface area contributed by atoms with Crippen molar-refractivity contribution in [3.05, 3.63) is 114 Å². The summed E-state index contributed by atoms with van der Waals surface area (Å²) in [6, 6.07) is 30.8. The van der Waals surface area contributed by atoms with Gasteiger partial charge in [-0.25, -0.2) is 4.98 Å². The highest BCUT2D eigenvalue weighted by molar-refractivity contribution is 6.16. The van der Waals surface area contributed by atoms with E-state index in [0.717, 1.165) is 27.6 Å². The van der Waals surface area contributed by atoms with Gasteiger partial charge in [-0.15, -0.1) is 0 Å². The van der Waals surface area contributed by atoms with E-state index in [1.165, 1.54) is 0 Å². The summed E-state index contributed by atoms with van der Waals surface area (Å²) in [6.45, 7) is 0.487. The van der Waals surface area contributed by atoms with E-state index in [-0.39, 0.29) is 5.78 Å². The van der Waals surface area contributed by atoms with E-state index in [1.54, 1.807) is 31.4 Å². The van der Waals surface area contributed by atoms with Crippen molar-refractivity contribution in [2.45, 2.75) is 6.61 Å². The van der Waals surface area contributed by atoms with Crippen LogP contribution >= 0.6 is 0 Å². The van der Waals surface area contributed by atoms with Crippen LogP contribution in [0, 0.1) is 0 Å². The third-order valence-electron chi connectivity index (χ3n) is 5.46. The number of hydrogen-bond donors (Lipinski definition) is 0. The molecule has 0 aliphatic heterocycles. The van der Waals surface area contributed by atoms with Crippen LogP contribution in [0.25, 0.3) is 21.8 Å². The molecule has 0 aliphatic rings. The first-order chi connectivity index (χ1) is 15.7. The number of aromatic nitrogens is 1. The number of methoxy groups -OCH3 is 1. The van der Waals surface area contributed by atoms with Gasteiger partial charge in [0, 0.05) is 28.0 Å². The normalized spacial score (nSPS) is 10.9. The van der Waals surface area contributed by atoms with Gasteiger partial charge in [-0.3, -0.25) is 4.79 Å². The molecular formula is C28H21NO3. The summed E-state index contributed by atoms with van der Waals surface area (Å²) < 4.78 is 11.2. The Morgan fingerprint density at radius 3 is 2.34 bits per heavy atom. The first-order valence-electron chi connectivity index (χ1n) is 10.4. The summed E-state index contributed by atoms with van der Waals surface area (Å²) in [5.74, 6) is 1.39. The van der Waals surface area contributed by atoms with Gasteiger partial charge in [-0.2, -0.15) is 0 Å². The summed E-state index contributed by atoms with van der Waals surface area (Å²) in [7, 11) is 1.61. The van der Waals surface area contributed by atoms with E-state index in [9.17, 15) is 4.79 Å². The average Bonchev–Trinajstić information content (AvgIpc) is 2.86. The highest BCUT2D eigenvalue weighted by atomic mass is 16.5. The number of benzene rings is 4. The fourth-order valence-corrected chi connectivity index (χ4v) is 3.74. The number of rotatable bonds is 6. The maximum absolute atomic E-state index is 13.2. The monoisotopic (exact) mass is 419 g/mol. The molecule has 32 heavy (non-hydrogen) atoms. The van der Waals surface area contributed by atoms with Crippen LogP contribution in [-0.2, 0) is 6.61 Å². The number of para-hydroxylation sites is 1. The standard InChI is InChI=1S/C28H21NO3/c1-31-23-13-10-20(11-14-23)28(30)25-9-5-8-22-16-21-12-15-24(17-26(21)29-27(22)25)32-18-19-6-3-2-4-7-19/h2-17H,18H2,1H3. The topological polar surface area (TPSA) is 48.4 Å². The SMILES string of the molecule is COc1ccc(C(=O)c2cccc3cc4ccc(OCc5ccccc5)cc4nc23)cc1. The van der Waals surface area contributed by atoms with Gasteiger partial charge in [0.05, 0.1) is 18.1 Å². The number of ether oxygens (including phenoxy) is 2. The molecular weight excluding hydrogens is 398 g/mol. The average molecular weight is 419 g/mol. The molecule has 0 fully saturated rings. The maximum atomic E-state index is 13.2. The second kappa shape index (κ2) is 8.52. The molecule has 4 heteroatoms. The first-order valence-corrected chi connectivity index (χ1v) is 10.4. The molecule has 4 aromatic carbocycles. The number of hydrogen-bond acceptors (Lipinski definition) is 4. The van der Waals surface area contributed by atoms with Crippen LogP contribution in [0.15, 0.2) is 97.1 Å². The minimum absolute atomic E-state index is 0.0680. The van der Waals surface area contributed by atoms with Crippen molar-refractivity contribution in [3.8, 4) is 11.5 Å². The van der Waals surface area contributed by atoms with Crippen molar-refractivity contribution in [2.24, 2.45) is 0 Å². The number of nitrogens with zero attached hydrogens (tertiary/aromatic N) is 1. The van der Waals surface area contributed by atoms with Gasteiger partial charge in [0.25, 0.3) is 0 Å². The lowest BCUT2D eigenvalue weighted by atomic mass is 9.99. The number of fused-ring (bicyclic) bond motifs is 2. The van der Waals surface area contributed by atoms with Crippen LogP contribution in [-0.4, -0.2) is 17.9 Å². The molecule has 5 aromatic rings. The Labute approximate surface area is 186 Å². The zero-order chi connectivity index (χ0) is 21.9. The molecule has 0 radical (unpaired) electrons. The molecule has 0 unspecified atom stereocenters. The Balaban J connectivity index is 1.51. The van der Waals surface area contributed by atoms with Crippen LogP contribution < -0.4 is 9.47 Å². The van der Waals surface area contributed by atoms with Crippen molar-refractivity contribution in [3.63, 3.8) is 0 Å². The molecule has 0 spiro atoms. The number of carbonyl (C=O) groups is 1. The van der Waals surface area contributed by atoms with E-state index in [1.807, 2.05) is 66.7 Å². The van der Waals surface area contributed by atoms with Crippen LogP contribution in [0.4, 0.5) is 0 Å². The number of ketones is 1. The summed E-state index contributed by atoms with van der Waals surface area (Å²) >= 11 is 0. The van der Waals surface area contributed by atoms with Crippen LogP contribution in [0.3, 0.4) is 0 Å². The largest absolute Gasteiger partial charge is 0.497 e. The lowest BCUT2D eigenvalue weighted by Gasteiger charge is -2.10. The molecule has 0 bridgehead atoms. The fraction of sp³-hybridized carbons (Fsp3) is 0.0714. The predicted octanol–water partition coefficient (Wildman–Crippen LogP) is 6.21. The maximum Gasteiger partial charge on any atom is 0.195 e. The highest BCUT2D eigenvalue weighted by Crippen LogP contribution is 2.27. The van der Waals surface area contributed by atoms with E-state index in [0.29, 0.717) is 29.0 Å². The van der Waals surface area contributed by atoms with E-state index in [4.69, 9.17) is 14.5 Å². The molecule has 1 heterocycles. The van der Waals surface area contributed by atoms with Gasteiger partial charge < -0.3 is 9.47 Å². The summed E-state index contributed by atoms with van der Waals surface area (Å²) in [5, 5.41) is 1.92. The van der Waals surface area contributed by atoms with Crippen molar-refractivity contribution in [2.75, 3.05) is 7.11 Å². The van der Waals surface area contributed by atoms with E-state index < -0.39 is 0 Å². The predicted molar refractivity (Wildman–Crippen MR) is 126 cm³/mol. The van der Waals surface area contributed by atoms with Gasteiger partial charge in [0.15, 0.2) is 5.78 Å². The van der Waals surface area contributed by atoms with Crippen molar-refractivity contribution in [1.29, 1.82) is 0 Å². The molecule has 0 aliphatic carbocycles. The van der Waals surface area contributed by atoms with Gasteiger partial charge in [-0.05, 0) is 54.1 Å². The van der Waals surface area contributed by atoms with Crippen molar-refractivity contribution in [1.82, 2.24) is 4.98 Å². The minimum Gasteiger partial charge on any atom is -0.497 e. The Kier molecular flexibility index (Phi) is 5.26. The molecule has 0 atom stereocenters. The van der Waals surface area contributed by atoms with Crippen LogP contribution in [0.1, 0.15) is 21.5 Å². The van der Waals surface area contributed by atoms with Crippen LogP contribution in [0.2, 0.25) is 0 Å². The quantitative estimate of drug-likeness (QED) is 0.243. The summed E-state index contributed by atoms with van der Waals surface area (Å²) in [6.07, 6.45) is 0. The van der Waals surface area contributed by atoms with Gasteiger partial charge in [0.1, 0.15) is 18.1 Å². The first kappa shape index (κ1) is 19.8. The summed E-state index contributed by atoms with van der Waals surface area (Å²) in [4.78, 5) is 18.1. The smallest absolute Gasteiger partial charge is 0.195 e. The van der Waals surface area contributed by atoms with Crippen molar-refractivity contribution < 1.29 is 14.3 Å². The molecule has 0 N–H and O–H groups in total. The van der Waals surface area contributed by atoms with Gasteiger partial charge in [-0.1, -0.05) is 42.5 Å². The fourth-order valence-electron chi connectivity index (χ4n) is 3.74. The Bertz CT molecular complexity index is 1410. The second-order valence-corrected chi connectivity index (χ2v) is 7.55. The Morgan fingerprint density at radius 2 is 1.56 bits per heavy atom. The molecule has 5 rings (SSSR count). The van der Waals surface area contributed by atoms with Gasteiger partial charge >= 0.3 is 0 Å². The molecule has 4 nitrogen and oxygen atoms in total. The third-order valence-corrected chi connectivity index (χ3v) is 5.46. The zero-order valence-corrected chi connectivity index (χ0v) is 17.6. The number of carbonyl (C=O) groups excluding carboxylic acids is 1. The second-order valence-electron chi connectivity index (χ2n) is 7.55. The lowest BCUT2D eigenvalue weighted by Crippen LogP contribution is -2.03. The summed E-state index contributed by atoms with van der Waals surface area (Å²) in [5.41, 5.74) is 3.75. The van der Waals surface area contributed by atoms with E-state index >= 15 is 0 Å². The van der Waals surface area contributed by atoms with E-state index in [2.05, 4.69) is 6.07 Å². The molecule has 156 valence electrons. The molecule has 0 saturated carbocycles. The molecule has 0 saturated heterocycles. The Hall–Kier alpha value is -4.18. The number of pyridine rings is 1. The lowest BCUT2D eigenvalue weighted by molar-refractivity contribution is 0.104. The molecule has 1 aromatic heterocycles. The Morgan fingerprint density at radius 1 is 0.781 bits per heavy atom. The van der Waals surface area contributed by atoms with Crippen molar-refractivity contribution >= 4 is 27.6 Å². The van der Waals surface area contributed by atoms with Gasteiger partial charge in [0.2, 0.25) is 0 Å². The molecule has 0 amide bonds. The van der Waals surface area contributed by atoms with Crippen LogP contribution in [0.5, 0.6) is 11.5 Å².